The number of nitrogens with zero attached hydrogens (tertiary/aromatic N) is 2. The average Bonchev–Trinajstić information content (AvgIpc) is 2.62. The number of amides is 2. The van der Waals surface area contributed by atoms with Crippen LogP contribution in [-0.4, -0.2) is 41.6 Å². The van der Waals surface area contributed by atoms with Crippen LogP contribution in [0, 0.1) is 0 Å². The van der Waals surface area contributed by atoms with Gasteiger partial charge >= 0.3 is 0 Å². The molecule has 0 saturated carbocycles. The third-order valence-corrected chi connectivity index (χ3v) is 4.74. The molecule has 0 radical (unpaired) electrons. The van der Waals surface area contributed by atoms with Crippen LogP contribution in [-0.2, 0) is 4.79 Å². The van der Waals surface area contributed by atoms with E-state index in [0.717, 1.165) is 0 Å². The maximum absolute atomic E-state index is 13.0. The molecule has 26 heavy (non-hydrogen) atoms. The number of hydrogen-bond acceptors (Lipinski definition) is 3. The Bertz CT molecular complexity index is 881. The molecule has 1 aliphatic rings. The van der Waals surface area contributed by atoms with E-state index in [1.54, 1.807) is 47.4 Å². The van der Waals surface area contributed by atoms with Crippen molar-refractivity contribution in [3.8, 4) is 0 Å². The maximum atomic E-state index is 13.0. The fraction of sp³-hybridized carbons (Fsp3) is 0.250. The molecule has 3 rings (SSSR count). The molecular formula is C20H19ClN2O3. The van der Waals surface area contributed by atoms with Gasteiger partial charge in [-0.3, -0.25) is 14.4 Å². The van der Waals surface area contributed by atoms with Gasteiger partial charge in [-0.15, -0.1) is 0 Å². The molecule has 6 heteroatoms. The lowest BCUT2D eigenvalue weighted by molar-refractivity contribution is -0.121. The van der Waals surface area contributed by atoms with Gasteiger partial charge < -0.3 is 9.80 Å². The molecule has 1 heterocycles. The third kappa shape index (κ3) is 3.48. The van der Waals surface area contributed by atoms with Gasteiger partial charge in [0.2, 0.25) is 5.91 Å². The molecule has 0 bridgehead atoms. The van der Waals surface area contributed by atoms with Crippen molar-refractivity contribution in [2.45, 2.75) is 19.9 Å². The van der Waals surface area contributed by atoms with Crippen molar-refractivity contribution in [1.82, 2.24) is 4.90 Å². The molecule has 1 aliphatic heterocycles. The van der Waals surface area contributed by atoms with Gasteiger partial charge in [0.05, 0.1) is 5.56 Å². The van der Waals surface area contributed by atoms with Gasteiger partial charge in [0.1, 0.15) is 6.54 Å². The van der Waals surface area contributed by atoms with Gasteiger partial charge in [0.25, 0.3) is 5.91 Å². The number of hydrogen-bond donors (Lipinski definition) is 0. The number of halogens is 1. The topological polar surface area (TPSA) is 57.7 Å². The highest BCUT2D eigenvalue weighted by atomic mass is 35.5. The smallest absolute Gasteiger partial charge is 0.255 e. The zero-order valence-electron chi connectivity index (χ0n) is 14.6. The molecule has 1 fully saturated rings. The summed E-state index contributed by atoms with van der Waals surface area (Å²) >= 11 is 6.02. The van der Waals surface area contributed by atoms with Gasteiger partial charge in [0, 0.05) is 28.9 Å². The first-order valence-electron chi connectivity index (χ1n) is 8.35. The van der Waals surface area contributed by atoms with Crippen LogP contribution in [0.15, 0.2) is 48.5 Å². The van der Waals surface area contributed by atoms with Crippen LogP contribution in [0.25, 0.3) is 0 Å². The fourth-order valence-corrected chi connectivity index (χ4v) is 3.33. The normalized spacial score (nSPS) is 17.3. The molecule has 5 nitrogen and oxygen atoms in total. The molecule has 2 aromatic carbocycles. The summed E-state index contributed by atoms with van der Waals surface area (Å²) in [7, 11) is 0. The summed E-state index contributed by atoms with van der Waals surface area (Å²) in [4.78, 5) is 40.6. The van der Waals surface area contributed by atoms with E-state index in [1.807, 2.05) is 13.0 Å². The molecule has 0 N–H and O–H groups in total. The number of Topliss-reactive ketones (excluding diaryl/α,β-unsaturated/α-hetero) is 1. The highest BCUT2D eigenvalue weighted by molar-refractivity contribution is 6.31. The Labute approximate surface area is 157 Å². The number of piperazine rings is 1. The Hall–Kier alpha value is -2.66. The van der Waals surface area contributed by atoms with Crippen molar-refractivity contribution in [2.75, 3.05) is 18.0 Å². The first kappa shape index (κ1) is 18.1. The Morgan fingerprint density at radius 2 is 1.77 bits per heavy atom. The number of carbonyl (C=O) groups excluding carboxylic acids is 3. The zero-order chi connectivity index (χ0) is 18.8. The quantitative estimate of drug-likeness (QED) is 0.778. The number of ketones is 1. The number of rotatable bonds is 3. The highest BCUT2D eigenvalue weighted by Crippen LogP contribution is 2.24. The van der Waals surface area contributed by atoms with Crippen molar-refractivity contribution in [3.63, 3.8) is 0 Å². The molecule has 0 spiro atoms. The predicted molar refractivity (Wildman–Crippen MR) is 101 cm³/mol. The summed E-state index contributed by atoms with van der Waals surface area (Å²) in [6.07, 6.45) is 0. The van der Waals surface area contributed by atoms with E-state index in [2.05, 4.69) is 0 Å². The second-order valence-corrected chi connectivity index (χ2v) is 6.80. The van der Waals surface area contributed by atoms with Crippen LogP contribution < -0.4 is 4.90 Å². The first-order valence-corrected chi connectivity index (χ1v) is 8.73. The van der Waals surface area contributed by atoms with Crippen molar-refractivity contribution in [2.24, 2.45) is 0 Å². The molecular weight excluding hydrogens is 352 g/mol. The lowest BCUT2D eigenvalue weighted by atomic mass is 10.0. The monoisotopic (exact) mass is 370 g/mol. The second-order valence-electron chi connectivity index (χ2n) is 6.37. The summed E-state index contributed by atoms with van der Waals surface area (Å²) in [5, 5.41) is 0.553. The van der Waals surface area contributed by atoms with Gasteiger partial charge in [0.15, 0.2) is 5.78 Å². The predicted octanol–water partition coefficient (Wildman–Crippen LogP) is 3.42. The van der Waals surface area contributed by atoms with E-state index >= 15 is 0 Å². The van der Waals surface area contributed by atoms with E-state index in [4.69, 9.17) is 11.6 Å². The van der Waals surface area contributed by atoms with E-state index in [1.165, 1.54) is 11.8 Å². The van der Waals surface area contributed by atoms with E-state index in [0.29, 0.717) is 28.4 Å². The summed E-state index contributed by atoms with van der Waals surface area (Å²) in [5.74, 6) is -0.660. The van der Waals surface area contributed by atoms with Crippen molar-refractivity contribution in [3.05, 3.63) is 64.7 Å². The van der Waals surface area contributed by atoms with Crippen molar-refractivity contribution < 1.29 is 14.4 Å². The van der Waals surface area contributed by atoms with Crippen LogP contribution in [0.1, 0.15) is 34.6 Å². The third-order valence-electron chi connectivity index (χ3n) is 4.50. The number of benzene rings is 2. The van der Waals surface area contributed by atoms with Crippen molar-refractivity contribution in [1.29, 1.82) is 0 Å². The first-order chi connectivity index (χ1) is 12.4. The van der Waals surface area contributed by atoms with E-state index in [9.17, 15) is 14.4 Å². The lowest BCUT2D eigenvalue weighted by Gasteiger charge is -2.39. The Kier molecular flexibility index (Phi) is 5.09. The molecule has 0 aromatic heterocycles. The Morgan fingerprint density at radius 1 is 1.08 bits per heavy atom. The molecule has 1 saturated heterocycles. The molecule has 1 atom stereocenters. The standard InChI is InChI=1S/C20H19ClN2O3/c1-13-11-23(16-7-5-6-15(21)10-16)19(25)12-22(13)20(26)18-9-4-3-8-17(18)14(2)24/h3-10,13H,11-12H2,1-2H3. The Morgan fingerprint density at radius 3 is 2.42 bits per heavy atom. The van der Waals surface area contributed by atoms with Crippen LogP contribution in [0.2, 0.25) is 5.02 Å². The van der Waals surface area contributed by atoms with E-state index in [-0.39, 0.29) is 30.2 Å². The van der Waals surface area contributed by atoms with Crippen molar-refractivity contribution >= 4 is 34.9 Å². The zero-order valence-corrected chi connectivity index (χ0v) is 15.4. The molecule has 2 amide bonds. The fourth-order valence-electron chi connectivity index (χ4n) is 3.15. The second kappa shape index (κ2) is 7.30. The minimum atomic E-state index is -0.303. The summed E-state index contributed by atoms with van der Waals surface area (Å²) in [5.41, 5.74) is 1.41. The average molecular weight is 371 g/mol. The lowest BCUT2D eigenvalue weighted by Crippen LogP contribution is -2.57. The summed E-state index contributed by atoms with van der Waals surface area (Å²) in [6.45, 7) is 3.64. The largest absolute Gasteiger partial charge is 0.325 e. The van der Waals surface area contributed by atoms with Crippen LogP contribution in [0.3, 0.4) is 0 Å². The molecule has 1 unspecified atom stereocenters. The van der Waals surface area contributed by atoms with Gasteiger partial charge in [-0.1, -0.05) is 35.9 Å². The van der Waals surface area contributed by atoms with Gasteiger partial charge in [-0.2, -0.15) is 0 Å². The van der Waals surface area contributed by atoms with Crippen LogP contribution >= 0.6 is 11.6 Å². The highest BCUT2D eigenvalue weighted by Gasteiger charge is 2.34. The van der Waals surface area contributed by atoms with Gasteiger partial charge in [-0.25, -0.2) is 0 Å². The van der Waals surface area contributed by atoms with Crippen LogP contribution in [0.5, 0.6) is 0 Å². The number of carbonyl (C=O) groups is 3. The van der Waals surface area contributed by atoms with Crippen LogP contribution in [0.4, 0.5) is 5.69 Å². The maximum Gasteiger partial charge on any atom is 0.255 e. The summed E-state index contributed by atoms with van der Waals surface area (Å²) < 4.78 is 0. The summed E-state index contributed by atoms with van der Waals surface area (Å²) in [6, 6.07) is 13.6. The Balaban J connectivity index is 1.85. The minimum Gasteiger partial charge on any atom is -0.325 e. The number of anilines is 1. The molecule has 2 aromatic rings. The van der Waals surface area contributed by atoms with Gasteiger partial charge in [-0.05, 0) is 38.1 Å². The minimum absolute atomic E-state index is 0.0429. The molecule has 0 aliphatic carbocycles. The SMILES string of the molecule is CC(=O)c1ccccc1C(=O)N1CC(=O)N(c2cccc(Cl)c2)CC1C. The van der Waals surface area contributed by atoms with E-state index < -0.39 is 0 Å². The molecule has 134 valence electrons.